The van der Waals surface area contributed by atoms with E-state index in [1.165, 1.54) is 6.21 Å². The van der Waals surface area contributed by atoms with E-state index in [-0.39, 0.29) is 16.3 Å². The van der Waals surface area contributed by atoms with Crippen molar-refractivity contribution < 1.29 is 19.1 Å². The maximum Gasteiger partial charge on any atom is 0.345 e. The van der Waals surface area contributed by atoms with Gasteiger partial charge in [0.25, 0.3) is 0 Å². The molecule has 186 valence electrons. The first-order valence-corrected chi connectivity index (χ1v) is 12.0. The van der Waals surface area contributed by atoms with Crippen LogP contribution in [0.1, 0.15) is 15.9 Å². The summed E-state index contributed by atoms with van der Waals surface area (Å²) >= 11 is 6.15. The minimum atomic E-state index is -0.955. The van der Waals surface area contributed by atoms with Crippen LogP contribution in [0.4, 0.5) is 5.69 Å². The molecule has 8 heteroatoms. The maximum atomic E-state index is 12.8. The number of fused-ring (bicyclic) bond motifs is 2. The number of ether oxygens (including phenoxy) is 1. The fraction of sp³-hybridized carbons (Fsp3) is 0. The number of hydrogen-bond donors (Lipinski definition) is 2. The quantitative estimate of drug-likeness (QED) is 0.0981. The summed E-state index contributed by atoms with van der Waals surface area (Å²) in [4.78, 5) is 37.8. The lowest BCUT2D eigenvalue weighted by Crippen LogP contribution is -2.32. The van der Waals surface area contributed by atoms with Crippen molar-refractivity contribution in [3.8, 4) is 5.75 Å². The SMILES string of the molecule is O=C(NN=Cc1c(OC(=O)c2ccccc2Cl)ccc2ccccc12)C(=O)Nc1cccc2ccccc12. The first kappa shape index (κ1) is 24.7. The molecule has 5 aromatic rings. The van der Waals surface area contributed by atoms with Crippen LogP contribution >= 0.6 is 11.6 Å². The van der Waals surface area contributed by atoms with E-state index in [4.69, 9.17) is 16.3 Å². The summed E-state index contributed by atoms with van der Waals surface area (Å²) in [7, 11) is 0. The van der Waals surface area contributed by atoms with Crippen molar-refractivity contribution >= 4 is 62.8 Å². The topological polar surface area (TPSA) is 96.9 Å². The molecule has 0 heterocycles. The number of hydrogen-bond acceptors (Lipinski definition) is 5. The highest BCUT2D eigenvalue weighted by Crippen LogP contribution is 2.28. The molecule has 0 saturated carbocycles. The van der Waals surface area contributed by atoms with Crippen LogP contribution in [-0.4, -0.2) is 24.0 Å². The van der Waals surface area contributed by atoms with E-state index in [1.807, 2.05) is 54.6 Å². The predicted molar refractivity (Wildman–Crippen MR) is 149 cm³/mol. The Morgan fingerprint density at radius 3 is 2.16 bits per heavy atom. The molecule has 5 rings (SSSR count). The second kappa shape index (κ2) is 10.9. The zero-order valence-corrected chi connectivity index (χ0v) is 20.6. The average Bonchev–Trinajstić information content (AvgIpc) is 2.94. The zero-order valence-electron chi connectivity index (χ0n) is 19.9. The van der Waals surface area contributed by atoms with Gasteiger partial charge in [0.05, 0.1) is 16.8 Å². The molecule has 38 heavy (non-hydrogen) atoms. The highest BCUT2D eigenvalue weighted by atomic mass is 35.5. The number of carbonyl (C=O) groups excluding carboxylic acids is 3. The Bertz CT molecular complexity index is 1730. The number of benzene rings is 5. The number of amides is 2. The van der Waals surface area contributed by atoms with Crippen LogP contribution in [0.3, 0.4) is 0 Å². The average molecular weight is 522 g/mol. The molecular weight excluding hydrogens is 502 g/mol. The van der Waals surface area contributed by atoms with Crippen LogP contribution in [0.2, 0.25) is 5.02 Å². The Morgan fingerprint density at radius 1 is 0.711 bits per heavy atom. The molecule has 0 fully saturated rings. The Hall–Kier alpha value is -5.01. The largest absolute Gasteiger partial charge is 0.422 e. The van der Waals surface area contributed by atoms with Gasteiger partial charge in [-0.3, -0.25) is 9.59 Å². The van der Waals surface area contributed by atoms with Crippen LogP contribution in [0.15, 0.2) is 108 Å². The van der Waals surface area contributed by atoms with Gasteiger partial charge in [-0.05, 0) is 40.4 Å². The number of anilines is 1. The van der Waals surface area contributed by atoms with Crippen molar-refractivity contribution in [1.82, 2.24) is 5.43 Å². The summed E-state index contributed by atoms with van der Waals surface area (Å²) in [5, 5.41) is 10.2. The molecule has 7 nitrogen and oxygen atoms in total. The van der Waals surface area contributed by atoms with Crippen molar-refractivity contribution in [2.24, 2.45) is 5.10 Å². The minimum Gasteiger partial charge on any atom is -0.422 e. The summed E-state index contributed by atoms with van der Waals surface area (Å²) in [6, 6.07) is 30.3. The van der Waals surface area contributed by atoms with Crippen LogP contribution in [0.5, 0.6) is 5.75 Å². The van der Waals surface area contributed by atoms with Gasteiger partial charge in [0.2, 0.25) is 0 Å². The van der Waals surface area contributed by atoms with E-state index < -0.39 is 17.8 Å². The first-order valence-electron chi connectivity index (χ1n) is 11.6. The normalized spacial score (nSPS) is 11.0. The van der Waals surface area contributed by atoms with E-state index >= 15 is 0 Å². The van der Waals surface area contributed by atoms with Gasteiger partial charge >= 0.3 is 17.8 Å². The molecule has 2 N–H and O–H groups in total. The molecule has 0 aliphatic carbocycles. The number of carbonyl (C=O) groups is 3. The smallest absolute Gasteiger partial charge is 0.345 e. The molecule has 2 amide bonds. The maximum absolute atomic E-state index is 12.8. The summed E-state index contributed by atoms with van der Waals surface area (Å²) in [5.41, 5.74) is 3.41. The Kier molecular flexibility index (Phi) is 7.10. The molecule has 5 aromatic carbocycles. The number of esters is 1. The number of rotatable bonds is 5. The first-order chi connectivity index (χ1) is 18.5. The minimum absolute atomic E-state index is 0.212. The third kappa shape index (κ3) is 5.23. The molecule has 0 aliphatic rings. The predicted octanol–water partition coefficient (Wildman–Crippen LogP) is 5.95. The molecule has 0 bridgehead atoms. The van der Waals surface area contributed by atoms with Crippen molar-refractivity contribution in [3.63, 3.8) is 0 Å². The van der Waals surface area contributed by atoms with Crippen LogP contribution in [0, 0.1) is 0 Å². The fourth-order valence-corrected chi connectivity index (χ4v) is 4.21. The van der Waals surface area contributed by atoms with Gasteiger partial charge in [0.1, 0.15) is 5.75 Å². The zero-order chi connectivity index (χ0) is 26.5. The monoisotopic (exact) mass is 521 g/mol. The van der Waals surface area contributed by atoms with Crippen molar-refractivity contribution in [1.29, 1.82) is 0 Å². The molecule has 0 aliphatic heterocycles. The number of hydrazone groups is 1. The second-order valence-corrected chi connectivity index (χ2v) is 8.66. The molecular formula is C30H20ClN3O4. The molecule has 0 radical (unpaired) electrons. The summed E-state index contributed by atoms with van der Waals surface area (Å²) < 4.78 is 5.64. The van der Waals surface area contributed by atoms with Gasteiger partial charge in [-0.25, -0.2) is 10.2 Å². The summed E-state index contributed by atoms with van der Waals surface area (Å²) in [5.74, 6) is -2.25. The molecule has 0 saturated heterocycles. The highest BCUT2D eigenvalue weighted by molar-refractivity contribution is 6.40. The van der Waals surface area contributed by atoms with Crippen molar-refractivity contribution in [2.75, 3.05) is 5.32 Å². The standard InChI is InChI=1S/C30H20ClN3O4/c31-25-14-6-5-13-23(25)30(37)38-27-17-16-20-9-1-3-11-21(20)24(27)18-32-34-29(36)28(35)33-26-15-7-10-19-8-2-4-12-22(19)26/h1-18H,(H,33,35)(H,34,36). The number of halogens is 1. The van der Waals surface area contributed by atoms with E-state index in [0.29, 0.717) is 11.3 Å². The molecule has 0 spiro atoms. The Morgan fingerprint density at radius 2 is 1.37 bits per heavy atom. The number of nitrogens with zero attached hydrogens (tertiary/aromatic N) is 1. The molecule has 0 unspecified atom stereocenters. The van der Waals surface area contributed by atoms with Gasteiger partial charge in [0, 0.05) is 16.6 Å². The van der Waals surface area contributed by atoms with E-state index in [0.717, 1.165) is 21.5 Å². The summed E-state index contributed by atoms with van der Waals surface area (Å²) in [6.07, 6.45) is 1.33. The van der Waals surface area contributed by atoms with Crippen LogP contribution < -0.4 is 15.5 Å². The molecule has 0 atom stereocenters. The van der Waals surface area contributed by atoms with Crippen LogP contribution in [-0.2, 0) is 9.59 Å². The lowest BCUT2D eigenvalue weighted by Gasteiger charge is -2.11. The Balaban J connectivity index is 1.36. The summed E-state index contributed by atoms with van der Waals surface area (Å²) in [6.45, 7) is 0. The highest BCUT2D eigenvalue weighted by Gasteiger charge is 2.17. The second-order valence-electron chi connectivity index (χ2n) is 8.25. The lowest BCUT2D eigenvalue weighted by molar-refractivity contribution is -0.136. The van der Waals surface area contributed by atoms with E-state index in [1.54, 1.807) is 48.5 Å². The fourth-order valence-electron chi connectivity index (χ4n) is 4.00. The molecule has 0 aromatic heterocycles. The van der Waals surface area contributed by atoms with Crippen LogP contribution in [0.25, 0.3) is 21.5 Å². The van der Waals surface area contributed by atoms with Gasteiger partial charge in [-0.2, -0.15) is 5.10 Å². The van der Waals surface area contributed by atoms with Gasteiger partial charge < -0.3 is 10.1 Å². The van der Waals surface area contributed by atoms with Gasteiger partial charge in [-0.1, -0.05) is 90.5 Å². The van der Waals surface area contributed by atoms with E-state index in [9.17, 15) is 14.4 Å². The van der Waals surface area contributed by atoms with Gasteiger partial charge in [-0.15, -0.1) is 0 Å². The van der Waals surface area contributed by atoms with Gasteiger partial charge in [0.15, 0.2) is 0 Å². The third-order valence-electron chi connectivity index (χ3n) is 5.83. The van der Waals surface area contributed by atoms with Crippen molar-refractivity contribution in [3.05, 3.63) is 119 Å². The Labute approximate surface area is 222 Å². The van der Waals surface area contributed by atoms with Crippen molar-refractivity contribution in [2.45, 2.75) is 0 Å². The number of nitrogens with one attached hydrogen (secondary N) is 2. The lowest BCUT2D eigenvalue weighted by atomic mass is 10.0. The third-order valence-corrected chi connectivity index (χ3v) is 6.16. The van der Waals surface area contributed by atoms with E-state index in [2.05, 4.69) is 15.8 Å².